The van der Waals surface area contributed by atoms with Crippen LogP contribution < -0.4 is 0 Å². The van der Waals surface area contributed by atoms with Crippen molar-refractivity contribution in [1.29, 1.82) is 0 Å². The lowest BCUT2D eigenvalue weighted by atomic mass is 9.93. The van der Waals surface area contributed by atoms with Crippen LogP contribution in [0.25, 0.3) is 0 Å². The van der Waals surface area contributed by atoms with Gasteiger partial charge in [-0.15, -0.1) is 0 Å². The van der Waals surface area contributed by atoms with E-state index in [2.05, 4.69) is 26.0 Å². The molecule has 6 nitrogen and oxygen atoms in total. The predicted molar refractivity (Wildman–Crippen MR) is 131 cm³/mol. The van der Waals surface area contributed by atoms with Crippen molar-refractivity contribution in [3.8, 4) is 0 Å². The molecule has 2 aromatic heterocycles. The Morgan fingerprint density at radius 2 is 1.24 bits per heavy atom. The Kier molecular flexibility index (Phi) is 10.8. The molecule has 2 unspecified atom stereocenters. The Bertz CT molecular complexity index is 737. The molecule has 0 N–H and O–H groups in total. The Morgan fingerprint density at radius 3 is 1.59 bits per heavy atom. The number of unbranched alkanes of at least 4 members (excludes halogenated alkanes) is 2. The summed E-state index contributed by atoms with van der Waals surface area (Å²) >= 11 is 0. The summed E-state index contributed by atoms with van der Waals surface area (Å²) in [7, 11) is 0. The van der Waals surface area contributed by atoms with E-state index in [1.54, 1.807) is 12.5 Å². The van der Waals surface area contributed by atoms with Crippen molar-refractivity contribution in [3.05, 3.63) is 73.0 Å². The molecule has 0 bridgehead atoms. The van der Waals surface area contributed by atoms with Crippen molar-refractivity contribution in [3.63, 3.8) is 0 Å². The van der Waals surface area contributed by atoms with Crippen LogP contribution in [0.4, 0.5) is 0 Å². The molecule has 2 aromatic rings. The maximum absolute atomic E-state index is 6.07. The normalized spacial score (nSPS) is 22.9. The van der Waals surface area contributed by atoms with Crippen LogP contribution in [-0.4, -0.2) is 24.4 Å². The molecule has 0 amide bonds. The smallest absolute Gasteiger partial charge is 0.135 e. The van der Waals surface area contributed by atoms with Crippen molar-refractivity contribution in [1.82, 2.24) is 0 Å². The van der Waals surface area contributed by atoms with Gasteiger partial charge < -0.3 is 27.8 Å². The van der Waals surface area contributed by atoms with Gasteiger partial charge in [0.1, 0.15) is 35.9 Å². The molecule has 0 radical (unpaired) electrons. The summed E-state index contributed by atoms with van der Waals surface area (Å²) in [5.41, 5.74) is -0.262. The minimum atomic E-state index is -0.131. The molecule has 2 aliphatic rings. The van der Waals surface area contributed by atoms with Crippen molar-refractivity contribution in [2.75, 3.05) is 13.2 Å². The molecule has 188 valence electrons. The summed E-state index contributed by atoms with van der Waals surface area (Å²) in [6, 6.07) is 7.43. The first-order valence-electron chi connectivity index (χ1n) is 12.6. The van der Waals surface area contributed by atoms with E-state index in [1.165, 1.54) is 25.7 Å². The molecule has 0 saturated heterocycles. The lowest BCUT2D eigenvalue weighted by Gasteiger charge is -2.32. The fourth-order valence-electron chi connectivity index (χ4n) is 4.12. The Hall–Kier alpha value is -2.44. The average Bonchev–Trinajstić information content (AvgIpc) is 3.67. The predicted octanol–water partition coefficient (Wildman–Crippen LogP) is 7.32. The minimum absolute atomic E-state index is 0.131. The van der Waals surface area contributed by atoms with Crippen LogP contribution in [0.2, 0.25) is 0 Å². The Morgan fingerprint density at radius 1 is 0.735 bits per heavy atom. The molecule has 6 heteroatoms. The van der Waals surface area contributed by atoms with E-state index in [0.29, 0.717) is 26.4 Å². The number of furan rings is 2. The molecular formula is C28H40O6. The highest BCUT2D eigenvalue weighted by Gasteiger charge is 2.37. The maximum Gasteiger partial charge on any atom is 0.135 e. The molecule has 0 spiro atoms. The van der Waals surface area contributed by atoms with E-state index < -0.39 is 0 Å². The number of rotatable bonds is 14. The highest BCUT2D eigenvalue weighted by molar-refractivity contribution is 5.01. The van der Waals surface area contributed by atoms with E-state index >= 15 is 0 Å². The van der Waals surface area contributed by atoms with Gasteiger partial charge in [0.25, 0.3) is 0 Å². The largest absolute Gasteiger partial charge is 0.492 e. The second kappa shape index (κ2) is 14.1. The summed E-state index contributed by atoms with van der Waals surface area (Å²) in [4.78, 5) is 0. The first-order valence-corrected chi connectivity index (χ1v) is 12.6. The highest BCUT2D eigenvalue weighted by atomic mass is 16.6. The van der Waals surface area contributed by atoms with E-state index in [9.17, 15) is 0 Å². The second-order valence-corrected chi connectivity index (χ2v) is 9.10. The maximum atomic E-state index is 6.07. The molecule has 0 fully saturated rings. The number of hydrogen-bond donors (Lipinski definition) is 0. The summed E-state index contributed by atoms with van der Waals surface area (Å²) < 4.78 is 33.3. The van der Waals surface area contributed by atoms with E-state index in [4.69, 9.17) is 27.8 Å². The van der Waals surface area contributed by atoms with Crippen molar-refractivity contribution in [2.24, 2.45) is 0 Å². The topological polar surface area (TPSA) is 63.2 Å². The standard InChI is InChI=1S/C18H30O3.C10H10O3/c1-3-5-9-17(11-7-13-20-17)15-19-16-18(10-6-4-2)12-8-14-21-18;1-3-9(12-5-1)7-11-8-10-4-2-6-13-10/h7-8,13-14H,3-6,9-12,15-16H2,1-2H3;1-6H,7-8H2. The van der Waals surface area contributed by atoms with Gasteiger partial charge >= 0.3 is 0 Å². The fraction of sp³-hybridized carbons (Fsp3) is 0.571. The van der Waals surface area contributed by atoms with Crippen LogP contribution in [-0.2, 0) is 32.2 Å². The number of hydrogen-bond acceptors (Lipinski definition) is 6. The van der Waals surface area contributed by atoms with Crippen LogP contribution in [0, 0.1) is 0 Å². The number of ether oxygens (including phenoxy) is 4. The van der Waals surface area contributed by atoms with Crippen LogP contribution in [0.15, 0.2) is 70.3 Å². The highest BCUT2D eigenvalue weighted by Crippen LogP contribution is 2.33. The lowest BCUT2D eigenvalue weighted by molar-refractivity contribution is -0.0965. The van der Waals surface area contributed by atoms with Gasteiger partial charge in [-0.25, -0.2) is 0 Å². The zero-order chi connectivity index (χ0) is 24.0. The van der Waals surface area contributed by atoms with E-state index in [1.807, 2.05) is 36.8 Å². The summed E-state index contributed by atoms with van der Waals surface area (Å²) in [6.45, 7) is 6.72. The van der Waals surface area contributed by atoms with E-state index in [0.717, 1.165) is 37.2 Å². The average molecular weight is 473 g/mol. The van der Waals surface area contributed by atoms with Crippen molar-refractivity contribution in [2.45, 2.75) is 89.6 Å². The van der Waals surface area contributed by atoms with Gasteiger partial charge in [-0.3, -0.25) is 0 Å². The zero-order valence-corrected chi connectivity index (χ0v) is 20.7. The third-order valence-corrected chi connectivity index (χ3v) is 6.16. The third-order valence-electron chi connectivity index (χ3n) is 6.16. The summed E-state index contributed by atoms with van der Waals surface area (Å²) in [5, 5.41) is 0. The summed E-state index contributed by atoms with van der Waals surface area (Å²) in [5.74, 6) is 1.65. The van der Waals surface area contributed by atoms with Gasteiger partial charge in [-0.05, 0) is 62.1 Å². The fourth-order valence-corrected chi connectivity index (χ4v) is 4.12. The quantitative estimate of drug-likeness (QED) is 0.287. The Labute approximate surface area is 203 Å². The SMILES string of the molecule is CCCCC1(COCC2(CCCC)CC=CO2)CC=CO1.c1coc(COCc2ccco2)c1. The second-order valence-electron chi connectivity index (χ2n) is 9.10. The van der Waals surface area contributed by atoms with E-state index in [-0.39, 0.29) is 11.2 Å². The van der Waals surface area contributed by atoms with Gasteiger partial charge in [-0.2, -0.15) is 0 Å². The van der Waals surface area contributed by atoms with Gasteiger partial charge in [0.15, 0.2) is 0 Å². The zero-order valence-electron chi connectivity index (χ0n) is 20.7. The monoisotopic (exact) mass is 472 g/mol. The van der Waals surface area contributed by atoms with Gasteiger partial charge in [0.2, 0.25) is 0 Å². The molecular weight excluding hydrogens is 432 g/mol. The summed E-state index contributed by atoms with van der Waals surface area (Å²) in [6.07, 6.45) is 20.0. The van der Waals surface area contributed by atoms with Gasteiger partial charge in [0, 0.05) is 12.8 Å². The molecule has 4 heterocycles. The first-order chi connectivity index (χ1) is 16.7. The molecule has 0 aromatic carbocycles. The lowest BCUT2D eigenvalue weighted by Crippen LogP contribution is -2.39. The van der Waals surface area contributed by atoms with Crippen LogP contribution in [0.3, 0.4) is 0 Å². The third kappa shape index (κ3) is 8.41. The van der Waals surface area contributed by atoms with Crippen LogP contribution in [0.5, 0.6) is 0 Å². The minimum Gasteiger partial charge on any atom is -0.492 e. The van der Waals surface area contributed by atoms with Crippen LogP contribution >= 0.6 is 0 Å². The van der Waals surface area contributed by atoms with Gasteiger partial charge in [0.05, 0.1) is 38.3 Å². The Balaban J connectivity index is 0.000000212. The molecule has 2 atom stereocenters. The molecule has 4 rings (SSSR count). The first kappa shape index (κ1) is 26.2. The van der Waals surface area contributed by atoms with Crippen molar-refractivity contribution < 1.29 is 27.8 Å². The molecule has 2 aliphatic heterocycles. The molecule has 0 aliphatic carbocycles. The molecule has 34 heavy (non-hydrogen) atoms. The van der Waals surface area contributed by atoms with Crippen molar-refractivity contribution >= 4 is 0 Å². The molecule has 0 saturated carbocycles. The van der Waals surface area contributed by atoms with Gasteiger partial charge in [-0.1, -0.05) is 26.7 Å². The van der Waals surface area contributed by atoms with Crippen LogP contribution in [0.1, 0.15) is 76.7 Å².